The van der Waals surface area contributed by atoms with E-state index in [2.05, 4.69) is 14.5 Å². The fourth-order valence-electron chi connectivity index (χ4n) is 3.75. The number of imidazole rings is 1. The van der Waals surface area contributed by atoms with Gasteiger partial charge in [0.1, 0.15) is 11.6 Å². The van der Waals surface area contributed by atoms with Crippen LogP contribution in [0.15, 0.2) is 18.6 Å². The number of aliphatic hydroxyl groups excluding tert-OH is 1. The zero-order valence-electron chi connectivity index (χ0n) is 12.6. The highest BCUT2D eigenvalue weighted by molar-refractivity contribution is 5.84. The molecule has 1 aliphatic carbocycles. The molecular weight excluding hydrogens is 284 g/mol. The molecule has 0 spiro atoms. The van der Waals surface area contributed by atoms with Crippen molar-refractivity contribution in [2.45, 2.75) is 44.3 Å². The third-order valence-electron chi connectivity index (χ3n) is 4.66. The molecule has 3 heterocycles. The smallest absolute Gasteiger partial charge is 0.163 e. The lowest BCUT2D eigenvalue weighted by molar-refractivity contribution is -0.161. The number of anilines is 1. The standard InChI is InChI=1S/C15H20N4O3/c1-15(2)21-12-8(6-20)5-10(13(12)22-15)19-7-18-11-9(19)3-4-17-14(11)16/h3-4,7-8,10,12-13,20H,5-6H2,1-2H3,(H2,16,17)/t8-,10-,12-,13+/m1/s1. The average molecular weight is 304 g/mol. The predicted molar refractivity (Wildman–Crippen MR) is 80.0 cm³/mol. The summed E-state index contributed by atoms with van der Waals surface area (Å²) in [6.07, 6.45) is 4.05. The van der Waals surface area contributed by atoms with E-state index in [1.807, 2.05) is 19.9 Å². The predicted octanol–water partition coefficient (Wildman–Crippen LogP) is 1.09. The Morgan fingerprint density at radius 2 is 2.14 bits per heavy atom. The molecule has 4 rings (SSSR count). The molecule has 0 unspecified atom stereocenters. The second kappa shape index (κ2) is 4.65. The molecular formula is C15H20N4O3. The first kappa shape index (κ1) is 13.9. The molecule has 1 aliphatic heterocycles. The van der Waals surface area contributed by atoms with Gasteiger partial charge in [-0.25, -0.2) is 9.97 Å². The van der Waals surface area contributed by atoms with Gasteiger partial charge in [-0.05, 0) is 26.3 Å². The summed E-state index contributed by atoms with van der Waals surface area (Å²) >= 11 is 0. The lowest BCUT2D eigenvalue weighted by Gasteiger charge is -2.24. The van der Waals surface area contributed by atoms with Crippen molar-refractivity contribution in [2.75, 3.05) is 12.3 Å². The molecule has 118 valence electrons. The van der Waals surface area contributed by atoms with Crippen molar-refractivity contribution >= 4 is 16.9 Å². The maximum atomic E-state index is 9.67. The van der Waals surface area contributed by atoms with E-state index in [0.717, 1.165) is 11.9 Å². The van der Waals surface area contributed by atoms with Crippen LogP contribution in [0.1, 0.15) is 26.3 Å². The second-order valence-corrected chi connectivity index (χ2v) is 6.53. The number of rotatable bonds is 2. The van der Waals surface area contributed by atoms with Crippen LogP contribution in [-0.4, -0.2) is 44.2 Å². The van der Waals surface area contributed by atoms with Gasteiger partial charge in [-0.2, -0.15) is 0 Å². The van der Waals surface area contributed by atoms with Crippen molar-refractivity contribution in [3.05, 3.63) is 18.6 Å². The molecule has 0 amide bonds. The first-order chi connectivity index (χ1) is 10.5. The SMILES string of the molecule is CC1(C)O[C@@H]2[C@@H](CO)C[C@@H](n3cnc4c(N)nccc43)[C@@H]2O1. The highest BCUT2D eigenvalue weighted by Gasteiger charge is 2.54. The van der Waals surface area contributed by atoms with Crippen LogP contribution < -0.4 is 5.73 Å². The molecule has 0 aromatic carbocycles. The summed E-state index contributed by atoms with van der Waals surface area (Å²) in [5.74, 6) is -0.139. The summed E-state index contributed by atoms with van der Waals surface area (Å²) in [4.78, 5) is 8.45. The van der Waals surface area contributed by atoms with Crippen LogP contribution in [0.25, 0.3) is 11.0 Å². The van der Waals surface area contributed by atoms with Gasteiger partial charge in [-0.1, -0.05) is 0 Å². The summed E-state index contributed by atoms with van der Waals surface area (Å²) in [6.45, 7) is 3.91. The zero-order chi connectivity index (χ0) is 15.5. The topological polar surface area (TPSA) is 95.4 Å². The monoisotopic (exact) mass is 304 g/mol. The molecule has 3 N–H and O–H groups in total. The molecule has 7 heteroatoms. The Kier molecular flexibility index (Phi) is 2.94. The fourth-order valence-corrected chi connectivity index (χ4v) is 3.75. The highest BCUT2D eigenvalue weighted by Crippen LogP contribution is 2.47. The van der Waals surface area contributed by atoms with Gasteiger partial charge >= 0.3 is 0 Å². The third-order valence-corrected chi connectivity index (χ3v) is 4.66. The third kappa shape index (κ3) is 1.93. The largest absolute Gasteiger partial charge is 0.396 e. The number of nitrogens with zero attached hydrogens (tertiary/aromatic N) is 3. The molecule has 2 aromatic heterocycles. The van der Waals surface area contributed by atoms with E-state index in [1.165, 1.54) is 0 Å². The first-order valence-corrected chi connectivity index (χ1v) is 7.53. The molecule has 2 aromatic rings. The van der Waals surface area contributed by atoms with Gasteiger partial charge in [0, 0.05) is 18.7 Å². The minimum Gasteiger partial charge on any atom is -0.396 e. The number of aromatic nitrogens is 3. The number of hydrogen-bond donors (Lipinski definition) is 2. The Morgan fingerprint density at radius 3 is 2.91 bits per heavy atom. The molecule has 7 nitrogen and oxygen atoms in total. The highest BCUT2D eigenvalue weighted by atomic mass is 16.8. The first-order valence-electron chi connectivity index (χ1n) is 7.53. The Morgan fingerprint density at radius 1 is 1.36 bits per heavy atom. The average Bonchev–Trinajstić information content (AvgIpc) is 3.10. The lowest BCUT2D eigenvalue weighted by atomic mass is 10.1. The van der Waals surface area contributed by atoms with Crippen molar-refractivity contribution in [3.8, 4) is 0 Å². The summed E-state index contributed by atoms with van der Waals surface area (Å²) in [5.41, 5.74) is 7.52. The molecule has 2 aliphatic rings. The number of hydrogen-bond acceptors (Lipinski definition) is 6. The Bertz CT molecular complexity index is 714. The van der Waals surface area contributed by atoms with Crippen LogP contribution in [0.2, 0.25) is 0 Å². The minimum atomic E-state index is -0.627. The zero-order valence-corrected chi connectivity index (χ0v) is 12.6. The quantitative estimate of drug-likeness (QED) is 0.862. The van der Waals surface area contributed by atoms with E-state index < -0.39 is 5.79 Å². The number of aliphatic hydroxyl groups is 1. The Labute approximate surface area is 128 Å². The van der Waals surface area contributed by atoms with Crippen LogP contribution in [0.3, 0.4) is 0 Å². The van der Waals surface area contributed by atoms with Gasteiger partial charge in [0.05, 0.1) is 24.0 Å². The van der Waals surface area contributed by atoms with Gasteiger partial charge in [0.15, 0.2) is 11.6 Å². The van der Waals surface area contributed by atoms with Gasteiger partial charge in [-0.15, -0.1) is 0 Å². The second-order valence-electron chi connectivity index (χ2n) is 6.53. The number of pyridine rings is 1. The van der Waals surface area contributed by atoms with E-state index >= 15 is 0 Å². The minimum absolute atomic E-state index is 0.0633. The van der Waals surface area contributed by atoms with E-state index in [4.69, 9.17) is 15.2 Å². The van der Waals surface area contributed by atoms with Crippen molar-refractivity contribution in [1.29, 1.82) is 0 Å². The van der Waals surface area contributed by atoms with E-state index in [9.17, 15) is 5.11 Å². The molecule has 0 radical (unpaired) electrons. The van der Waals surface area contributed by atoms with Crippen molar-refractivity contribution in [1.82, 2.24) is 14.5 Å². The molecule has 2 fully saturated rings. The van der Waals surface area contributed by atoms with E-state index in [1.54, 1.807) is 12.5 Å². The number of ether oxygens (including phenoxy) is 2. The summed E-state index contributed by atoms with van der Waals surface area (Å²) in [5, 5.41) is 9.67. The molecule has 1 saturated carbocycles. The lowest BCUT2D eigenvalue weighted by Crippen LogP contribution is -2.27. The number of nitrogen functional groups attached to an aromatic ring is 1. The van der Waals surface area contributed by atoms with Crippen LogP contribution in [0.5, 0.6) is 0 Å². The van der Waals surface area contributed by atoms with Crippen LogP contribution in [0, 0.1) is 5.92 Å². The summed E-state index contributed by atoms with van der Waals surface area (Å²) < 4.78 is 14.2. The molecule has 22 heavy (non-hydrogen) atoms. The Balaban J connectivity index is 1.77. The number of nitrogens with two attached hydrogens (primary N) is 1. The van der Waals surface area contributed by atoms with Crippen molar-refractivity contribution in [2.24, 2.45) is 5.92 Å². The summed E-state index contributed by atoms with van der Waals surface area (Å²) in [6, 6.07) is 1.97. The maximum Gasteiger partial charge on any atom is 0.163 e. The summed E-state index contributed by atoms with van der Waals surface area (Å²) in [7, 11) is 0. The molecule has 4 atom stereocenters. The number of fused-ring (bicyclic) bond motifs is 2. The van der Waals surface area contributed by atoms with Crippen molar-refractivity contribution in [3.63, 3.8) is 0 Å². The fraction of sp³-hybridized carbons (Fsp3) is 0.600. The van der Waals surface area contributed by atoms with Gasteiger partial charge in [-0.3, -0.25) is 0 Å². The normalized spacial score (nSPS) is 33.4. The van der Waals surface area contributed by atoms with Crippen LogP contribution in [-0.2, 0) is 9.47 Å². The van der Waals surface area contributed by atoms with E-state index in [0.29, 0.717) is 11.3 Å². The van der Waals surface area contributed by atoms with Gasteiger partial charge in [0.25, 0.3) is 0 Å². The van der Waals surface area contributed by atoms with Crippen LogP contribution in [0.4, 0.5) is 5.82 Å². The van der Waals surface area contributed by atoms with Gasteiger partial charge in [0.2, 0.25) is 0 Å². The maximum absolute atomic E-state index is 9.67. The van der Waals surface area contributed by atoms with Crippen molar-refractivity contribution < 1.29 is 14.6 Å². The molecule has 1 saturated heterocycles. The van der Waals surface area contributed by atoms with Gasteiger partial charge < -0.3 is 24.9 Å². The van der Waals surface area contributed by atoms with Crippen LogP contribution >= 0.6 is 0 Å². The van der Waals surface area contributed by atoms with E-state index in [-0.39, 0.29) is 30.8 Å². The molecule has 0 bridgehead atoms. The Hall–Kier alpha value is -1.70.